The maximum Gasteiger partial charge on any atom is 0.257 e. The number of benzene rings is 2. The molecule has 2 aromatic carbocycles. The van der Waals surface area contributed by atoms with Gasteiger partial charge in [-0.25, -0.2) is 21.6 Å². The van der Waals surface area contributed by atoms with Crippen molar-refractivity contribution in [1.82, 2.24) is 5.32 Å². The second kappa shape index (κ2) is 7.89. The second-order valence-electron chi connectivity index (χ2n) is 5.81. The third-order valence-corrected chi connectivity index (χ3v) is 6.09. The van der Waals surface area contributed by atoms with Crippen LogP contribution in [0.1, 0.15) is 21.4 Å². The first-order chi connectivity index (χ1) is 13.3. The van der Waals surface area contributed by atoms with Crippen LogP contribution < -0.4 is 5.32 Å². The van der Waals surface area contributed by atoms with E-state index < -0.39 is 50.6 Å². The quantitative estimate of drug-likeness (QED) is 0.631. The van der Waals surface area contributed by atoms with Gasteiger partial charge < -0.3 is 9.73 Å². The van der Waals surface area contributed by atoms with E-state index >= 15 is 0 Å². The first-order valence-corrected chi connectivity index (χ1v) is 9.60. The third kappa shape index (κ3) is 3.94. The summed E-state index contributed by atoms with van der Waals surface area (Å²) < 4.78 is 71.7. The van der Waals surface area contributed by atoms with Crippen molar-refractivity contribution in [1.29, 1.82) is 0 Å². The summed E-state index contributed by atoms with van der Waals surface area (Å²) in [6.45, 7) is -0.514. The lowest BCUT2D eigenvalue weighted by Crippen LogP contribution is -2.32. The lowest BCUT2D eigenvalue weighted by molar-refractivity contribution is 0.0944. The second-order valence-corrected chi connectivity index (χ2v) is 7.94. The van der Waals surface area contributed by atoms with Crippen molar-refractivity contribution in [3.05, 3.63) is 89.6 Å². The number of rotatable bonds is 6. The molecule has 0 fully saturated rings. The van der Waals surface area contributed by atoms with Gasteiger partial charge in [-0.2, -0.15) is 0 Å². The molecule has 0 aliphatic heterocycles. The van der Waals surface area contributed by atoms with E-state index in [2.05, 4.69) is 5.32 Å². The van der Waals surface area contributed by atoms with Crippen LogP contribution in [0.4, 0.5) is 13.2 Å². The average molecular weight is 409 g/mol. The molecule has 3 rings (SSSR count). The van der Waals surface area contributed by atoms with Crippen molar-refractivity contribution in [3.63, 3.8) is 0 Å². The van der Waals surface area contributed by atoms with E-state index in [4.69, 9.17) is 4.42 Å². The van der Waals surface area contributed by atoms with Crippen LogP contribution in [0.3, 0.4) is 0 Å². The van der Waals surface area contributed by atoms with Crippen molar-refractivity contribution in [2.45, 2.75) is 10.1 Å². The van der Waals surface area contributed by atoms with Gasteiger partial charge >= 0.3 is 0 Å². The molecule has 9 heteroatoms. The number of nitrogens with one attached hydrogen (secondary N) is 1. The fourth-order valence-corrected chi connectivity index (χ4v) is 4.20. The SMILES string of the molecule is O=C(NC[C@@H](c1ccco1)S(=O)(=O)c1ccc(F)cc1)c1c(F)cccc1F. The molecular formula is C19H14F3NO4S. The number of hydrogen-bond donors (Lipinski definition) is 1. The number of furan rings is 1. The first-order valence-electron chi connectivity index (χ1n) is 8.06. The molecule has 0 aliphatic carbocycles. The van der Waals surface area contributed by atoms with Crippen molar-refractivity contribution >= 4 is 15.7 Å². The Hall–Kier alpha value is -3.07. The highest BCUT2D eigenvalue weighted by Gasteiger charge is 2.32. The molecule has 1 aromatic heterocycles. The van der Waals surface area contributed by atoms with Crippen LogP contribution in [0.15, 0.2) is 70.2 Å². The van der Waals surface area contributed by atoms with Crippen LogP contribution in [-0.2, 0) is 9.84 Å². The van der Waals surface area contributed by atoms with Gasteiger partial charge in [0.05, 0.1) is 11.2 Å². The molecule has 0 aliphatic rings. The Morgan fingerprint density at radius 1 is 0.964 bits per heavy atom. The van der Waals surface area contributed by atoms with E-state index in [-0.39, 0.29) is 10.7 Å². The molecule has 1 N–H and O–H groups in total. The summed E-state index contributed by atoms with van der Waals surface area (Å²) in [6, 6.07) is 9.92. The minimum atomic E-state index is -4.10. The van der Waals surface area contributed by atoms with Crippen molar-refractivity contribution in [2.24, 2.45) is 0 Å². The van der Waals surface area contributed by atoms with Crippen LogP contribution in [0, 0.1) is 17.5 Å². The van der Waals surface area contributed by atoms with Crippen molar-refractivity contribution in [3.8, 4) is 0 Å². The van der Waals surface area contributed by atoms with E-state index in [1.165, 1.54) is 18.4 Å². The van der Waals surface area contributed by atoms with E-state index in [0.717, 1.165) is 42.5 Å². The van der Waals surface area contributed by atoms with Gasteiger partial charge in [0.25, 0.3) is 5.91 Å². The van der Waals surface area contributed by atoms with Gasteiger partial charge in [0.1, 0.15) is 34.0 Å². The molecule has 0 unspecified atom stereocenters. The minimum absolute atomic E-state index is 0.0126. The van der Waals surface area contributed by atoms with Gasteiger partial charge in [-0.1, -0.05) is 6.07 Å². The Labute approximate surface area is 158 Å². The lowest BCUT2D eigenvalue weighted by Gasteiger charge is -2.17. The number of hydrogen-bond acceptors (Lipinski definition) is 4. The Bertz CT molecular complexity index is 1060. The number of amides is 1. The third-order valence-electron chi connectivity index (χ3n) is 4.02. The van der Waals surface area contributed by atoms with Crippen LogP contribution in [0.25, 0.3) is 0 Å². The smallest absolute Gasteiger partial charge is 0.257 e. The fraction of sp³-hybridized carbons (Fsp3) is 0.105. The Balaban J connectivity index is 1.90. The van der Waals surface area contributed by atoms with Gasteiger partial charge in [-0.3, -0.25) is 4.79 Å². The predicted molar refractivity (Wildman–Crippen MR) is 93.7 cm³/mol. The molecule has 1 atom stereocenters. The summed E-state index contributed by atoms with van der Waals surface area (Å²) in [4.78, 5) is 12.0. The largest absolute Gasteiger partial charge is 0.468 e. The highest BCUT2D eigenvalue weighted by atomic mass is 32.2. The molecule has 0 radical (unpaired) electrons. The summed E-state index contributed by atoms with van der Waals surface area (Å²) in [5.74, 6) is -3.86. The topological polar surface area (TPSA) is 76.4 Å². The molecule has 0 bridgehead atoms. The van der Waals surface area contributed by atoms with E-state index in [1.54, 1.807) is 0 Å². The zero-order valence-corrected chi connectivity index (χ0v) is 15.0. The Morgan fingerprint density at radius 2 is 1.61 bits per heavy atom. The fourth-order valence-electron chi connectivity index (χ4n) is 2.61. The van der Waals surface area contributed by atoms with E-state index in [1.807, 2.05) is 0 Å². The normalized spacial score (nSPS) is 12.5. The zero-order valence-electron chi connectivity index (χ0n) is 14.2. The summed E-state index contributed by atoms with van der Waals surface area (Å²) in [5, 5.41) is 0.841. The molecule has 28 heavy (non-hydrogen) atoms. The monoisotopic (exact) mass is 409 g/mol. The van der Waals surface area contributed by atoms with Gasteiger partial charge in [0.2, 0.25) is 0 Å². The minimum Gasteiger partial charge on any atom is -0.468 e. The molecule has 3 aromatic rings. The van der Waals surface area contributed by atoms with Gasteiger partial charge in [-0.05, 0) is 48.5 Å². The molecule has 0 spiro atoms. The van der Waals surface area contributed by atoms with Gasteiger partial charge in [0, 0.05) is 6.54 Å². The Morgan fingerprint density at radius 3 is 2.18 bits per heavy atom. The van der Waals surface area contributed by atoms with Gasteiger partial charge in [0.15, 0.2) is 9.84 Å². The van der Waals surface area contributed by atoms with Gasteiger partial charge in [-0.15, -0.1) is 0 Å². The molecule has 1 amide bonds. The van der Waals surface area contributed by atoms with Crippen molar-refractivity contribution in [2.75, 3.05) is 6.54 Å². The molecule has 146 valence electrons. The molecule has 0 saturated heterocycles. The molecule has 0 saturated carbocycles. The maximum absolute atomic E-state index is 13.8. The van der Waals surface area contributed by atoms with Crippen molar-refractivity contribution < 1.29 is 30.8 Å². The summed E-state index contributed by atoms with van der Waals surface area (Å²) >= 11 is 0. The van der Waals surface area contributed by atoms with Crippen LogP contribution in [0.5, 0.6) is 0 Å². The first kappa shape index (κ1) is 19.7. The van der Waals surface area contributed by atoms with E-state index in [0.29, 0.717) is 0 Å². The number of halogens is 3. The summed E-state index contributed by atoms with van der Waals surface area (Å²) in [5.41, 5.74) is -0.820. The van der Waals surface area contributed by atoms with E-state index in [9.17, 15) is 26.4 Å². The highest BCUT2D eigenvalue weighted by Crippen LogP contribution is 2.29. The highest BCUT2D eigenvalue weighted by molar-refractivity contribution is 7.91. The predicted octanol–water partition coefficient (Wildman–Crippen LogP) is 3.64. The number of carbonyl (C=O) groups excluding carboxylic acids is 1. The number of carbonyl (C=O) groups is 1. The lowest BCUT2D eigenvalue weighted by atomic mass is 10.2. The zero-order chi connectivity index (χ0) is 20.3. The molecule has 5 nitrogen and oxygen atoms in total. The number of sulfone groups is 1. The van der Waals surface area contributed by atoms with Crippen LogP contribution in [0.2, 0.25) is 0 Å². The van der Waals surface area contributed by atoms with Crippen LogP contribution >= 0.6 is 0 Å². The molecular weight excluding hydrogens is 395 g/mol. The van der Waals surface area contributed by atoms with Crippen LogP contribution in [-0.4, -0.2) is 20.9 Å². The maximum atomic E-state index is 13.8. The average Bonchev–Trinajstić information content (AvgIpc) is 3.16. The standard InChI is InChI=1S/C19H14F3NO4S/c20-12-6-8-13(9-7-12)28(25,26)17(16-5-2-10-27-16)11-23-19(24)18-14(21)3-1-4-15(18)22/h1-10,17H,11H2,(H,23,24)/t17-/m0/s1. The summed E-state index contributed by atoms with van der Waals surface area (Å²) in [6.07, 6.45) is 1.25. The Kier molecular flexibility index (Phi) is 5.55. The molecule has 1 heterocycles. The summed E-state index contributed by atoms with van der Waals surface area (Å²) in [7, 11) is -4.10.